The van der Waals surface area contributed by atoms with Gasteiger partial charge in [-0.15, -0.1) is 0 Å². The number of aromatic amines is 1. The highest BCUT2D eigenvalue weighted by Gasteiger charge is 2.40. The zero-order valence-corrected chi connectivity index (χ0v) is 37.4. The quantitative estimate of drug-likeness (QED) is 0.0484. The van der Waals surface area contributed by atoms with Crippen molar-refractivity contribution in [1.29, 1.82) is 0 Å². The largest absolute Gasteiger partial charge is 0.379 e. The van der Waals surface area contributed by atoms with Crippen LogP contribution in [0.2, 0.25) is 0 Å². The maximum absolute atomic E-state index is 14.6. The van der Waals surface area contributed by atoms with Gasteiger partial charge in [-0.25, -0.2) is 0 Å². The van der Waals surface area contributed by atoms with Crippen molar-refractivity contribution in [2.75, 3.05) is 19.6 Å². The number of amides is 6. The lowest BCUT2D eigenvalue weighted by Crippen LogP contribution is -2.60. The Labute approximate surface area is 387 Å². The van der Waals surface area contributed by atoms with Crippen LogP contribution in [-0.4, -0.2) is 119 Å². The molecule has 360 valence electrons. The van der Waals surface area contributed by atoms with Crippen molar-refractivity contribution in [3.63, 3.8) is 0 Å². The van der Waals surface area contributed by atoms with E-state index >= 15 is 0 Å². The Morgan fingerprint density at radius 2 is 1.53 bits per heavy atom. The third-order valence-electron chi connectivity index (χ3n) is 12.7. The summed E-state index contributed by atoms with van der Waals surface area (Å²) in [7, 11) is 0. The Balaban J connectivity index is 0.00000817. The van der Waals surface area contributed by atoms with Crippen LogP contribution in [-0.2, 0) is 41.6 Å². The van der Waals surface area contributed by atoms with Crippen molar-refractivity contribution >= 4 is 52.3 Å². The van der Waals surface area contributed by atoms with Gasteiger partial charge in [0.2, 0.25) is 35.4 Å². The number of fused-ring (bicyclic) bond motifs is 2. The molecule has 6 amide bonds. The number of aliphatic hydroxyl groups excluding tert-OH is 1. The van der Waals surface area contributed by atoms with E-state index in [9.17, 15) is 33.9 Å². The highest BCUT2D eigenvalue weighted by Crippen LogP contribution is 2.28. The van der Waals surface area contributed by atoms with Crippen LogP contribution in [0.15, 0.2) is 65.8 Å². The van der Waals surface area contributed by atoms with Crippen molar-refractivity contribution in [3.8, 4) is 0 Å². The molecule has 6 rings (SSSR count). The molecule has 3 aromatic rings. The molecular formula is C48H71N11O7. The molecule has 1 unspecified atom stereocenters. The molecular weight excluding hydrogens is 843 g/mol. The van der Waals surface area contributed by atoms with Gasteiger partial charge in [-0.3, -0.25) is 39.1 Å². The number of aliphatic hydroxyl groups is 1. The molecule has 2 aliphatic heterocycles. The number of nitrogens with one attached hydrogen (secondary N) is 7. The third kappa shape index (κ3) is 14.5. The number of guanidine groups is 1. The fraction of sp³-hybridized carbons (Fsp3) is 0.562. The second-order valence-corrected chi connectivity index (χ2v) is 17.7. The van der Waals surface area contributed by atoms with Gasteiger partial charge in [0.15, 0.2) is 5.96 Å². The van der Waals surface area contributed by atoms with Crippen molar-refractivity contribution in [2.45, 2.75) is 147 Å². The average molecular weight is 914 g/mol. The standard InChI is InChI=1S/C47H67N11O7.CH4/c1-29(59)53-37(25-30-13-4-2-5-14-30)42(61)55-36-20-11-22-50-41(60)35(19-10-23-51-47(48)49)54-44(63)39(27-32-28-52-34-18-9-8-17-33(32)34)56-43(62)38(26-31-15-6-3-7-16-31)57-45(64)40-21-12-24-58(40)46(36)65;/h2,4-5,8-9,13-14,17-18,28-29,31,35-40,52-53,59H,3,6-7,10-12,15-16,19-27H2,1H3,(H,50,60)(H,54,63)(H,55,61)(H,56,62)(H,57,64)(H4,48,49,51);1H4/t29-,35+,36+,37?,38-,39+,40+;/m1./s1. The fourth-order valence-corrected chi connectivity index (χ4v) is 9.34. The van der Waals surface area contributed by atoms with E-state index in [1.165, 1.54) is 11.8 Å². The first-order valence-electron chi connectivity index (χ1n) is 23.2. The molecule has 0 bridgehead atoms. The summed E-state index contributed by atoms with van der Waals surface area (Å²) in [6.45, 7) is 2.05. The van der Waals surface area contributed by atoms with E-state index in [0.717, 1.165) is 54.1 Å². The fourth-order valence-electron chi connectivity index (χ4n) is 9.34. The van der Waals surface area contributed by atoms with E-state index in [1.54, 1.807) is 6.20 Å². The average Bonchev–Trinajstić information content (AvgIpc) is 3.95. The summed E-state index contributed by atoms with van der Waals surface area (Å²) >= 11 is 0. The number of nitrogens with zero attached hydrogens (tertiary/aromatic N) is 2. The van der Waals surface area contributed by atoms with Crippen molar-refractivity contribution < 1.29 is 33.9 Å². The van der Waals surface area contributed by atoms with E-state index in [1.807, 2.05) is 54.6 Å². The van der Waals surface area contributed by atoms with Crippen LogP contribution in [0.3, 0.4) is 0 Å². The number of para-hydroxylation sites is 1. The van der Waals surface area contributed by atoms with Crippen molar-refractivity contribution in [3.05, 3.63) is 71.9 Å². The number of benzene rings is 2. The van der Waals surface area contributed by atoms with Gasteiger partial charge >= 0.3 is 0 Å². The van der Waals surface area contributed by atoms with Gasteiger partial charge in [-0.2, -0.15) is 0 Å². The number of rotatable bonds is 14. The molecule has 1 aromatic heterocycles. The monoisotopic (exact) mass is 914 g/mol. The Morgan fingerprint density at radius 1 is 0.833 bits per heavy atom. The molecule has 12 N–H and O–H groups in total. The minimum atomic E-state index is -1.14. The number of hydrogen-bond acceptors (Lipinski definition) is 9. The van der Waals surface area contributed by atoms with Crippen LogP contribution in [0.1, 0.15) is 103 Å². The number of hydrogen-bond donors (Lipinski definition) is 10. The zero-order chi connectivity index (χ0) is 46.3. The zero-order valence-electron chi connectivity index (χ0n) is 37.4. The molecule has 0 radical (unpaired) electrons. The first-order valence-corrected chi connectivity index (χ1v) is 23.2. The van der Waals surface area contributed by atoms with Gasteiger partial charge in [-0.05, 0) is 81.4 Å². The first kappa shape index (κ1) is 51.0. The number of H-pyrrole nitrogens is 1. The van der Waals surface area contributed by atoms with Gasteiger partial charge in [0, 0.05) is 43.2 Å². The summed E-state index contributed by atoms with van der Waals surface area (Å²) in [5, 5.41) is 28.7. The predicted molar refractivity (Wildman–Crippen MR) is 253 cm³/mol. The predicted octanol–water partition coefficient (Wildman–Crippen LogP) is 1.75. The molecule has 1 aliphatic carbocycles. The SMILES string of the molecule is C.C[C@@H](O)NC(Cc1ccccc1)C(=O)N[C@H]1CCCNC(=O)[C@H](CCCN=C(N)N)NC(=O)[C@H](Cc2c[nH]c3ccccc23)NC(=O)[C@@H](CC2CCCCC2)NC(=O)[C@@H]2CCCN2C1=O. The van der Waals surface area contributed by atoms with Gasteiger partial charge < -0.3 is 53.0 Å². The lowest BCUT2D eigenvalue weighted by Gasteiger charge is -2.32. The molecule has 0 spiro atoms. The van der Waals surface area contributed by atoms with E-state index in [-0.39, 0.29) is 71.0 Å². The summed E-state index contributed by atoms with van der Waals surface area (Å²) < 4.78 is 0. The number of aliphatic imine (C=N–C) groups is 1. The Morgan fingerprint density at radius 3 is 2.27 bits per heavy atom. The van der Waals surface area contributed by atoms with Gasteiger partial charge in [-0.1, -0.05) is 88.1 Å². The highest BCUT2D eigenvalue weighted by atomic mass is 16.3. The molecule has 3 heterocycles. The summed E-state index contributed by atoms with van der Waals surface area (Å²) in [5.41, 5.74) is 13.6. The second-order valence-electron chi connectivity index (χ2n) is 17.7. The minimum absolute atomic E-state index is 0. The topological polar surface area (TPSA) is 278 Å². The van der Waals surface area contributed by atoms with Crippen molar-refractivity contribution in [2.24, 2.45) is 22.4 Å². The summed E-state index contributed by atoms with van der Waals surface area (Å²) in [5.74, 6) is -3.04. The molecule has 2 aromatic carbocycles. The number of nitrogens with two attached hydrogens (primary N) is 2. The third-order valence-corrected chi connectivity index (χ3v) is 12.7. The van der Waals surface area contributed by atoms with E-state index in [4.69, 9.17) is 11.5 Å². The second kappa shape index (κ2) is 25.0. The van der Waals surface area contributed by atoms with E-state index < -0.39 is 77.9 Å². The smallest absolute Gasteiger partial charge is 0.245 e. The number of carbonyl (C=O) groups is 6. The van der Waals surface area contributed by atoms with Crippen LogP contribution in [0.4, 0.5) is 0 Å². The number of carbonyl (C=O) groups excluding carboxylic acids is 6. The van der Waals surface area contributed by atoms with Crippen LogP contribution in [0.5, 0.6) is 0 Å². The van der Waals surface area contributed by atoms with Gasteiger partial charge in [0.25, 0.3) is 0 Å². The first-order chi connectivity index (χ1) is 31.4. The lowest BCUT2D eigenvalue weighted by atomic mass is 9.84. The molecule has 18 heteroatoms. The van der Waals surface area contributed by atoms with Crippen LogP contribution in [0, 0.1) is 5.92 Å². The Hall–Kier alpha value is -6.01. The Kier molecular flexibility index (Phi) is 19.3. The van der Waals surface area contributed by atoms with Crippen LogP contribution < -0.4 is 43.4 Å². The molecule has 1 saturated carbocycles. The van der Waals surface area contributed by atoms with E-state index in [2.05, 4.69) is 41.9 Å². The van der Waals surface area contributed by atoms with Crippen LogP contribution >= 0.6 is 0 Å². The summed E-state index contributed by atoms with van der Waals surface area (Å²) in [6, 6.07) is 10.8. The van der Waals surface area contributed by atoms with Gasteiger partial charge in [0.05, 0.1) is 6.04 Å². The highest BCUT2D eigenvalue weighted by molar-refractivity contribution is 5.97. The number of aromatic nitrogens is 1. The maximum Gasteiger partial charge on any atom is 0.245 e. The molecule has 7 atom stereocenters. The summed E-state index contributed by atoms with van der Waals surface area (Å²) in [6.07, 6.45) is 8.02. The van der Waals surface area contributed by atoms with E-state index in [0.29, 0.717) is 25.7 Å². The molecule has 3 fully saturated rings. The minimum Gasteiger partial charge on any atom is -0.379 e. The molecule has 66 heavy (non-hydrogen) atoms. The molecule has 18 nitrogen and oxygen atoms in total. The van der Waals surface area contributed by atoms with Crippen molar-refractivity contribution in [1.82, 2.24) is 41.8 Å². The van der Waals surface area contributed by atoms with Gasteiger partial charge in [0.1, 0.15) is 36.4 Å². The maximum atomic E-state index is 14.6. The Bertz CT molecular complexity index is 2120. The summed E-state index contributed by atoms with van der Waals surface area (Å²) in [4.78, 5) is 94.9. The van der Waals surface area contributed by atoms with Crippen LogP contribution in [0.25, 0.3) is 10.9 Å². The normalized spacial score (nSPS) is 23.7. The lowest BCUT2D eigenvalue weighted by molar-refractivity contribution is -0.142. The molecule has 3 aliphatic rings. The molecule has 2 saturated heterocycles.